The van der Waals surface area contributed by atoms with E-state index in [2.05, 4.69) is 0 Å². The summed E-state index contributed by atoms with van der Waals surface area (Å²) < 4.78 is 0. The molecule has 8 heteroatoms. The molecule has 104 valence electrons. The van der Waals surface area contributed by atoms with E-state index in [1.165, 1.54) is 16.7 Å². The molecule has 1 unspecified atom stereocenters. The summed E-state index contributed by atoms with van der Waals surface area (Å²) in [5, 5.41) is 8.97. The number of nitrogens with zero attached hydrogens (tertiary/aromatic N) is 2. The van der Waals surface area contributed by atoms with E-state index in [0.29, 0.717) is 11.6 Å². The Balaban J connectivity index is 1.89. The van der Waals surface area contributed by atoms with E-state index in [1.807, 2.05) is 0 Å². The van der Waals surface area contributed by atoms with Crippen LogP contribution in [0.1, 0.15) is 19.3 Å². The zero-order valence-electron chi connectivity index (χ0n) is 10.2. The highest BCUT2D eigenvalue weighted by molar-refractivity contribution is 7.99. The Kier molecular flexibility index (Phi) is 4.08. The first-order valence-electron chi connectivity index (χ1n) is 5.94. The molecule has 3 amide bonds. The molecular formula is C11H14N2O5S. The van der Waals surface area contributed by atoms with Crippen molar-refractivity contribution in [1.82, 2.24) is 9.80 Å². The maximum Gasteiger partial charge on any atom is 0.327 e. The van der Waals surface area contributed by atoms with Crippen LogP contribution in [0.2, 0.25) is 0 Å². The van der Waals surface area contributed by atoms with Crippen LogP contribution in [0, 0.1) is 0 Å². The minimum atomic E-state index is -1.02. The second kappa shape index (κ2) is 5.60. The highest BCUT2D eigenvalue weighted by atomic mass is 32.2. The zero-order chi connectivity index (χ0) is 14.0. The summed E-state index contributed by atoms with van der Waals surface area (Å²) in [6, 6.07) is -0.803. The fourth-order valence-corrected chi connectivity index (χ4v) is 3.29. The van der Waals surface area contributed by atoms with Crippen LogP contribution >= 0.6 is 11.8 Å². The van der Waals surface area contributed by atoms with E-state index >= 15 is 0 Å². The molecule has 2 saturated heterocycles. The van der Waals surface area contributed by atoms with Crippen LogP contribution in [-0.2, 0) is 19.2 Å². The van der Waals surface area contributed by atoms with E-state index in [1.54, 1.807) is 0 Å². The Morgan fingerprint density at radius 3 is 2.47 bits per heavy atom. The maximum atomic E-state index is 11.9. The first-order chi connectivity index (χ1) is 9.00. The van der Waals surface area contributed by atoms with Crippen LogP contribution in [0.5, 0.6) is 0 Å². The van der Waals surface area contributed by atoms with Gasteiger partial charge in [-0.15, -0.1) is 11.8 Å². The summed E-state index contributed by atoms with van der Waals surface area (Å²) in [4.78, 5) is 48.0. The van der Waals surface area contributed by atoms with Gasteiger partial charge in [0.05, 0.1) is 5.88 Å². The summed E-state index contributed by atoms with van der Waals surface area (Å²) >= 11 is 1.38. The molecule has 7 nitrogen and oxygen atoms in total. The third-order valence-corrected chi connectivity index (χ3v) is 4.20. The molecule has 2 aliphatic rings. The molecule has 2 heterocycles. The maximum absolute atomic E-state index is 11.9. The quantitative estimate of drug-likeness (QED) is 0.701. The topological polar surface area (TPSA) is 95.0 Å². The minimum absolute atomic E-state index is 0.0121. The Labute approximate surface area is 113 Å². The molecule has 0 aromatic rings. The van der Waals surface area contributed by atoms with Gasteiger partial charge in [-0.3, -0.25) is 19.3 Å². The fraction of sp³-hybridized carbons (Fsp3) is 0.636. The van der Waals surface area contributed by atoms with E-state index in [9.17, 15) is 19.2 Å². The SMILES string of the molecule is O=C(O)C1CSCN1C(=O)CCN1C(=O)CCC1=O. The van der Waals surface area contributed by atoms with Gasteiger partial charge < -0.3 is 10.0 Å². The number of aliphatic carboxylic acids is 1. The summed E-state index contributed by atoms with van der Waals surface area (Å²) in [6.45, 7) is 0.0456. The van der Waals surface area contributed by atoms with Crippen LogP contribution in [0.3, 0.4) is 0 Å². The van der Waals surface area contributed by atoms with Crippen LogP contribution in [-0.4, -0.2) is 62.8 Å². The van der Waals surface area contributed by atoms with Crippen molar-refractivity contribution in [3.63, 3.8) is 0 Å². The second-order valence-corrected chi connectivity index (χ2v) is 5.41. The monoisotopic (exact) mass is 286 g/mol. The Morgan fingerprint density at radius 2 is 1.89 bits per heavy atom. The van der Waals surface area contributed by atoms with E-state index in [0.717, 1.165) is 4.90 Å². The molecule has 0 spiro atoms. The third kappa shape index (κ3) is 2.89. The molecule has 2 aliphatic heterocycles. The van der Waals surface area contributed by atoms with Crippen molar-refractivity contribution in [1.29, 1.82) is 0 Å². The molecule has 2 rings (SSSR count). The normalized spacial score (nSPS) is 23.3. The van der Waals surface area contributed by atoms with Gasteiger partial charge in [-0.05, 0) is 0 Å². The molecular weight excluding hydrogens is 272 g/mol. The molecule has 19 heavy (non-hydrogen) atoms. The van der Waals surface area contributed by atoms with Crippen molar-refractivity contribution >= 4 is 35.5 Å². The lowest BCUT2D eigenvalue weighted by atomic mass is 10.2. The standard InChI is InChI=1S/C11H14N2O5S/c14-8-1-2-9(15)12(8)4-3-10(16)13-6-19-5-7(13)11(17)18/h7H,1-6H2,(H,17,18). The average molecular weight is 286 g/mol. The van der Waals surface area contributed by atoms with Gasteiger partial charge in [-0.1, -0.05) is 0 Å². The number of hydrogen-bond donors (Lipinski definition) is 1. The van der Waals surface area contributed by atoms with Crippen molar-refractivity contribution in [3.8, 4) is 0 Å². The molecule has 0 aromatic carbocycles. The lowest BCUT2D eigenvalue weighted by molar-refractivity contribution is -0.148. The lowest BCUT2D eigenvalue weighted by Crippen LogP contribution is -2.43. The Hall–Kier alpha value is -1.57. The largest absolute Gasteiger partial charge is 0.480 e. The lowest BCUT2D eigenvalue weighted by Gasteiger charge is -2.21. The van der Waals surface area contributed by atoms with Gasteiger partial charge in [0, 0.05) is 31.6 Å². The van der Waals surface area contributed by atoms with Crippen LogP contribution in [0.4, 0.5) is 0 Å². The number of carboxylic acids is 1. The van der Waals surface area contributed by atoms with Gasteiger partial charge in [-0.25, -0.2) is 4.79 Å². The van der Waals surface area contributed by atoms with Crippen LogP contribution in [0.15, 0.2) is 0 Å². The first kappa shape index (κ1) is 13.9. The average Bonchev–Trinajstić information content (AvgIpc) is 2.95. The predicted octanol–water partition coefficient (Wildman–Crippen LogP) is -0.488. The van der Waals surface area contributed by atoms with Crippen molar-refractivity contribution in [2.45, 2.75) is 25.3 Å². The number of likely N-dealkylation sites (tertiary alicyclic amines) is 1. The summed E-state index contributed by atoms with van der Waals surface area (Å²) in [6.07, 6.45) is 0.385. The third-order valence-electron chi connectivity index (χ3n) is 3.19. The zero-order valence-corrected chi connectivity index (χ0v) is 11.0. The molecule has 1 atom stereocenters. The van der Waals surface area contributed by atoms with Gasteiger partial charge in [0.15, 0.2) is 0 Å². The van der Waals surface area contributed by atoms with Crippen molar-refractivity contribution in [2.24, 2.45) is 0 Å². The first-order valence-corrected chi connectivity index (χ1v) is 7.09. The minimum Gasteiger partial charge on any atom is -0.480 e. The van der Waals surface area contributed by atoms with E-state index < -0.39 is 12.0 Å². The van der Waals surface area contributed by atoms with Crippen LogP contribution < -0.4 is 0 Å². The fourth-order valence-electron chi connectivity index (χ4n) is 2.12. The number of carbonyl (C=O) groups is 4. The summed E-state index contributed by atoms with van der Waals surface area (Å²) in [5.41, 5.74) is 0. The molecule has 0 aromatic heterocycles. The smallest absolute Gasteiger partial charge is 0.327 e. The second-order valence-electron chi connectivity index (χ2n) is 4.41. The van der Waals surface area contributed by atoms with E-state index in [4.69, 9.17) is 5.11 Å². The Bertz CT molecular complexity index is 423. The highest BCUT2D eigenvalue weighted by Gasteiger charge is 2.35. The number of amides is 3. The van der Waals surface area contributed by atoms with Crippen LogP contribution in [0.25, 0.3) is 0 Å². The number of rotatable bonds is 4. The number of imide groups is 1. The van der Waals surface area contributed by atoms with Crippen molar-refractivity contribution < 1.29 is 24.3 Å². The molecule has 0 bridgehead atoms. The van der Waals surface area contributed by atoms with Gasteiger partial charge in [0.25, 0.3) is 0 Å². The van der Waals surface area contributed by atoms with E-state index in [-0.39, 0.29) is 43.5 Å². The molecule has 0 aliphatic carbocycles. The summed E-state index contributed by atoms with van der Waals surface area (Å²) in [5.74, 6) is -1.15. The molecule has 2 fully saturated rings. The van der Waals surface area contributed by atoms with Crippen molar-refractivity contribution in [3.05, 3.63) is 0 Å². The van der Waals surface area contributed by atoms with Gasteiger partial charge in [0.2, 0.25) is 17.7 Å². The predicted molar refractivity (Wildman–Crippen MR) is 66.2 cm³/mol. The Morgan fingerprint density at radius 1 is 1.26 bits per heavy atom. The summed E-state index contributed by atoms with van der Waals surface area (Å²) in [7, 11) is 0. The highest BCUT2D eigenvalue weighted by Crippen LogP contribution is 2.22. The molecule has 1 N–H and O–H groups in total. The number of carboxylic acid groups (broad SMARTS) is 1. The van der Waals surface area contributed by atoms with Crippen molar-refractivity contribution in [2.75, 3.05) is 18.2 Å². The van der Waals surface area contributed by atoms with Gasteiger partial charge >= 0.3 is 5.97 Å². The number of hydrogen-bond acceptors (Lipinski definition) is 5. The number of carbonyl (C=O) groups excluding carboxylic acids is 3. The van der Waals surface area contributed by atoms with Gasteiger partial charge in [-0.2, -0.15) is 0 Å². The molecule has 0 saturated carbocycles. The van der Waals surface area contributed by atoms with Gasteiger partial charge in [0.1, 0.15) is 6.04 Å². The number of thioether (sulfide) groups is 1. The molecule has 0 radical (unpaired) electrons.